The Balaban J connectivity index is 0.000000177. The average molecular weight is 797 g/mol. The fourth-order valence-corrected chi connectivity index (χ4v) is 6.19. The Hall–Kier alpha value is -6.43. The van der Waals surface area contributed by atoms with Crippen LogP contribution in [-0.2, 0) is 25.7 Å². The lowest BCUT2D eigenvalue weighted by molar-refractivity contribution is 0.242. The van der Waals surface area contributed by atoms with Gasteiger partial charge in [0.2, 0.25) is 0 Å². The molecule has 11 nitrogen and oxygen atoms in total. The molecule has 0 atom stereocenters. The average Bonchev–Trinajstić information content (AvgIpc) is 3.87. The van der Waals surface area contributed by atoms with Gasteiger partial charge in [-0.3, -0.25) is 0 Å². The number of aliphatic hydroxyl groups excluding tert-OH is 1. The highest BCUT2D eigenvalue weighted by Crippen LogP contribution is 2.35. The van der Waals surface area contributed by atoms with Crippen molar-refractivity contribution in [1.29, 1.82) is 0 Å². The fraction of sp³-hybridized carbons (Fsp3) is 0.217. The number of nitrogens with zero attached hydrogens (tertiary/aromatic N) is 4. The zero-order chi connectivity index (χ0) is 40.4. The van der Waals surface area contributed by atoms with E-state index in [4.69, 9.17) is 30.5 Å². The van der Waals surface area contributed by atoms with Crippen LogP contribution in [0.1, 0.15) is 50.2 Å². The molecule has 4 aromatic carbocycles. The number of fused-ring (bicyclic) bond motifs is 2. The molecule has 0 aliphatic heterocycles. The molecule has 3 N–H and O–H groups in total. The molecule has 0 fully saturated rings. The first kappa shape index (κ1) is 39.8. The predicted octanol–water partition coefficient (Wildman–Crippen LogP) is 10.2. The molecule has 0 unspecified atom stereocenters. The smallest absolute Gasteiger partial charge is 0.178 e. The minimum Gasteiger partial charge on any atom is -0.490 e. The van der Waals surface area contributed by atoms with Crippen molar-refractivity contribution in [2.24, 2.45) is 0 Å². The molecule has 0 bridgehead atoms. The summed E-state index contributed by atoms with van der Waals surface area (Å²) in [6.07, 6.45) is 0.0588. The van der Waals surface area contributed by atoms with Crippen LogP contribution >= 0.6 is 11.6 Å². The number of H-pyrrole nitrogens is 2. The molecule has 12 heteroatoms. The van der Waals surface area contributed by atoms with Gasteiger partial charge in [0.1, 0.15) is 47.9 Å². The van der Waals surface area contributed by atoms with Crippen molar-refractivity contribution in [2.75, 3.05) is 0 Å². The van der Waals surface area contributed by atoms with Gasteiger partial charge in [-0.15, -0.1) is 11.6 Å². The number of aromatic nitrogens is 6. The van der Waals surface area contributed by atoms with Crippen molar-refractivity contribution in [3.8, 4) is 45.8 Å². The van der Waals surface area contributed by atoms with E-state index in [-0.39, 0.29) is 18.8 Å². The van der Waals surface area contributed by atoms with Gasteiger partial charge in [-0.25, -0.2) is 19.9 Å². The number of nitrogens with one attached hydrogen (secondary N) is 2. The SMILES string of the molecule is CC(C)Oc1ccc(OCc2ccccc2)cc1-c1nc2nc(CCl)ccc2[nH]1.CC(C)Oc1ccc(OCc2ccccc2)cc1-c1nc2nc(CO)ccc2[nH]1. The van der Waals surface area contributed by atoms with Crippen molar-refractivity contribution in [1.82, 2.24) is 29.9 Å². The van der Waals surface area contributed by atoms with E-state index >= 15 is 0 Å². The summed E-state index contributed by atoms with van der Waals surface area (Å²) in [4.78, 5) is 24.7. The fourth-order valence-electron chi connectivity index (χ4n) is 6.04. The molecule has 0 spiro atoms. The number of hydrogen-bond donors (Lipinski definition) is 3. The lowest BCUT2D eigenvalue weighted by Crippen LogP contribution is -2.07. The number of halogens is 1. The van der Waals surface area contributed by atoms with Crippen LogP contribution in [-0.4, -0.2) is 47.2 Å². The molecule has 0 amide bonds. The van der Waals surface area contributed by atoms with E-state index in [1.807, 2.05) is 143 Å². The third-order valence-electron chi connectivity index (χ3n) is 8.74. The highest BCUT2D eigenvalue weighted by Gasteiger charge is 2.17. The molecule has 0 radical (unpaired) electrons. The van der Waals surface area contributed by atoms with Crippen LogP contribution in [0.15, 0.2) is 121 Å². The summed E-state index contributed by atoms with van der Waals surface area (Å²) in [5.41, 5.74) is 8.02. The maximum Gasteiger partial charge on any atom is 0.178 e. The van der Waals surface area contributed by atoms with Gasteiger partial charge in [-0.05, 0) is 99.5 Å². The number of aliphatic hydroxyl groups is 1. The number of hydrogen-bond acceptors (Lipinski definition) is 9. The summed E-state index contributed by atoms with van der Waals surface area (Å²) in [5.74, 6) is 4.60. The van der Waals surface area contributed by atoms with Crippen molar-refractivity contribution in [2.45, 2.75) is 65.6 Å². The van der Waals surface area contributed by atoms with Crippen LogP contribution in [0.2, 0.25) is 0 Å². The summed E-state index contributed by atoms with van der Waals surface area (Å²) in [6.45, 7) is 8.81. The first-order chi connectivity index (χ1) is 28.2. The van der Waals surface area contributed by atoms with E-state index in [0.717, 1.165) is 56.2 Å². The first-order valence-electron chi connectivity index (χ1n) is 19.1. The molecule has 4 heterocycles. The molecule has 8 rings (SSSR count). The Bertz CT molecular complexity index is 2400. The van der Waals surface area contributed by atoms with Crippen molar-refractivity contribution in [3.63, 3.8) is 0 Å². The van der Waals surface area contributed by atoms with E-state index in [2.05, 4.69) is 29.9 Å². The van der Waals surface area contributed by atoms with Crippen LogP contribution in [0.25, 0.3) is 45.1 Å². The van der Waals surface area contributed by atoms with Gasteiger partial charge in [0.15, 0.2) is 11.3 Å². The lowest BCUT2D eigenvalue weighted by Gasteiger charge is -2.15. The summed E-state index contributed by atoms with van der Waals surface area (Å²) in [7, 11) is 0. The maximum atomic E-state index is 9.32. The zero-order valence-electron chi connectivity index (χ0n) is 32.8. The highest BCUT2D eigenvalue weighted by atomic mass is 35.5. The Morgan fingerprint density at radius 1 is 0.552 bits per heavy atom. The van der Waals surface area contributed by atoms with Crippen LogP contribution in [0.3, 0.4) is 0 Å². The van der Waals surface area contributed by atoms with Crippen LogP contribution in [0.4, 0.5) is 0 Å². The van der Waals surface area contributed by atoms with Gasteiger partial charge in [0.05, 0.1) is 58.2 Å². The van der Waals surface area contributed by atoms with E-state index in [9.17, 15) is 5.11 Å². The lowest BCUT2D eigenvalue weighted by atomic mass is 10.1. The van der Waals surface area contributed by atoms with E-state index in [1.54, 1.807) is 6.07 Å². The number of imidazole rings is 2. The molecular weight excluding hydrogens is 752 g/mol. The van der Waals surface area contributed by atoms with E-state index in [1.165, 1.54) is 0 Å². The monoisotopic (exact) mass is 796 g/mol. The first-order valence-corrected chi connectivity index (χ1v) is 19.6. The second-order valence-corrected chi connectivity index (χ2v) is 14.3. The summed E-state index contributed by atoms with van der Waals surface area (Å²) in [5, 5.41) is 9.32. The van der Waals surface area contributed by atoms with E-state index < -0.39 is 0 Å². The number of ether oxygens (including phenoxy) is 4. The summed E-state index contributed by atoms with van der Waals surface area (Å²) in [6, 6.07) is 39.1. The Kier molecular flexibility index (Phi) is 12.8. The Morgan fingerprint density at radius 3 is 1.43 bits per heavy atom. The topological polar surface area (TPSA) is 140 Å². The van der Waals surface area contributed by atoms with Gasteiger partial charge < -0.3 is 34.0 Å². The summed E-state index contributed by atoms with van der Waals surface area (Å²) >= 11 is 5.90. The normalized spacial score (nSPS) is 11.2. The second kappa shape index (κ2) is 18.7. The number of rotatable bonds is 14. The molecule has 0 saturated carbocycles. The zero-order valence-corrected chi connectivity index (χ0v) is 33.5. The molecule has 4 aromatic heterocycles. The van der Waals surface area contributed by atoms with Gasteiger partial charge in [0.25, 0.3) is 0 Å². The molecule has 0 saturated heterocycles. The largest absolute Gasteiger partial charge is 0.490 e. The summed E-state index contributed by atoms with van der Waals surface area (Å²) < 4.78 is 24.0. The predicted molar refractivity (Wildman–Crippen MR) is 227 cm³/mol. The Labute approximate surface area is 342 Å². The second-order valence-electron chi connectivity index (χ2n) is 14.0. The minimum absolute atomic E-state index is 0.0216. The third-order valence-corrected chi connectivity index (χ3v) is 9.01. The van der Waals surface area contributed by atoms with Crippen molar-refractivity contribution >= 4 is 33.9 Å². The molecular formula is C46H45ClN6O5. The van der Waals surface area contributed by atoms with Crippen molar-refractivity contribution in [3.05, 3.63) is 144 Å². The molecule has 58 heavy (non-hydrogen) atoms. The van der Waals surface area contributed by atoms with Gasteiger partial charge in [-0.2, -0.15) is 0 Å². The van der Waals surface area contributed by atoms with Crippen molar-refractivity contribution < 1.29 is 24.1 Å². The molecule has 8 aromatic rings. The number of aromatic amines is 2. The van der Waals surface area contributed by atoms with Gasteiger partial charge in [0, 0.05) is 0 Å². The maximum absolute atomic E-state index is 9.32. The van der Waals surface area contributed by atoms with Crippen LogP contribution in [0, 0.1) is 0 Å². The van der Waals surface area contributed by atoms with E-state index in [0.29, 0.717) is 53.5 Å². The van der Waals surface area contributed by atoms with Crippen LogP contribution in [0.5, 0.6) is 23.0 Å². The molecule has 296 valence electrons. The number of benzene rings is 4. The Morgan fingerprint density at radius 2 is 1.00 bits per heavy atom. The van der Waals surface area contributed by atoms with Gasteiger partial charge >= 0.3 is 0 Å². The molecule has 0 aliphatic carbocycles. The van der Waals surface area contributed by atoms with Gasteiger partial charge in [-0.1, -0.05) is 60.7 Å². The minimum atomic E-state index is -0.122. The van der Waals surface area contributed by atoms with Crippen LogP contribution < -0.4 is 18.9 Å². The standard InChI is InChI=1S/C23H22ClN3O2.C23H23N3O3/c1-15(2)29-21-11-9-18(28-14-16-6-4-3-5-7-16)12-19(21)22-26-20-10-8-17(13-24)25-23(20)27-22;1-15(2)29-21-11-9-18(28-14-16-6-4-3-5-7-16)12-19(21)22-25-20-10-8-17(13-27)24-23(20)26-22/h3-12,15H,13-14H2,1-2H3,(H,25,26,27);3-12,15,27H,13-14H2,1-2H3,(H,24,25,26). The molecule has 0 aliphatic rings. The number of pyridine rings is 2. The highest BCUT2D eigenvalue weighted by molar-refractivity contribution is 6.16. The quantitative estimate of drug-likeness (QED) is 0.0917. The third kappa shape index (κ3) is 10.1. The number of alkyl halides is 1.